The molecule has 4 aliphatic carbocycles. The molecule has 4 fully saturated rings. The Morgan fingerprint density at radius 2 is 1.74 bits per heavy atom. The van der Waals surface area contributed by atoms with Crippen molar-refractivity contribution >= 4 is 45.0 Å². The number of amides is 2. The van der Waals surface area contributed by atoms with Gasteiger partial charge < -0.3 is 11.1 Å². The zero-order valence-corrected chi connectivity index (χ0v) is 19.8. The minimum atomic E-state index is -4.11. The molecule has 7 nitrogen and oxygen atoms in total. The van der Waals surface area contributed by atoms with Crippen molar-refractivity contribution in [3.63, 3.8) is 0 Å². The number of hydrogen-bond acceptors (Lipinski definition) is 4. The Morgan fingerprint density at radius 3 is 2.32 bits per heavy atom. The van der Waals surface area contributed by atoms with Crippen LogP contribution in [-0.4, -0.2) is 31.3 Å². The van der Waals surface area contributed by atoms with Crippen molar-refractivity contribution in [1.82, 2.24) is 10.0 Å². The Bertz CT molecular complexity index is 1040. The first kappa shape index (κ1) is 22.8. The third-order valence-corrected chi connectivity index (χ3v) is 9.75. The Morgan fingerprint density at radius 1 is 1.13 bits per heavy atom. The smallest absolute Gasteiger partial charge is 0.243 e. The molecule has 0 aliphatic heterocycles. The fourth-order valence-corrected chi connectivity index (χ4v) is 8.36. The van der Waals surface area contributed by atoms with E-state index in [1.54, 1.807) is 0 Å². The molecule has 4 aliphatic rings. The van der Waals surface area contributed by atoms with Crippen LogP contribution >= 0.6 is 23.2 Å². The summed E-state index contributed by atoms with van der Waals surface area (Å²) >= 11 is 12.0. The van der Waals surface area contributed by atoms with Crippen LogP contribution in [0, 0.1) is 17.3 Å². The van der Waals surface area contributed by atoms with Gasteiger partial charge in [0.25, 0.3) is 0 Å². The molecule has 2 atom stereocenters. The summed E-state index contributed by atoms with van der Waals surface area (Å²) in [5, 5.41) is 3.12. The summed E-state index contributed by atoms with van der Waals surface area (Å²) in [4.78, 5) is 25.4. The van der Waals surface area contributed by atoms with Gasteiger partial charge in [-0.25, -0.2) is 8.42 Å². The topological polar surface area (TPSA) is 118 Å². The van der Waals surface area contributed by atoms with Crippen molar-refractivity contribution in [1.29, 1.82) is 0 Å². The minimum Gasteiger partial charge on any atom is -0.369 e. The highest BCUT2D eigenvalue weighted by atomic mass is 35.5. The highest BCUT2D eigenvalue weighted by molar-refractivity contribution is 7.89. The van der Waals surface area contributed by atoms with Crippen LogP contribution < -0.4 is 15.8 Å². The first-order chi connectivity index (χ1) is 14.3. The average Bonchev–Trinajstić information content (AvgIpc) is 2.61. The average molecular weight is 488 g/mol. The maximum atomic E-state index is 13.3. The summed E-state index contributed by atoms with van der Waals surface area (Å²) in [6.45, 7) is 3.01. The summed E-state index contributed by atoms with van der Waals surface area (Å²) in [6.07, 6.45) is 4.69. The van der Waals surface area contributed by atoms with E-state index in [4.69, 9.17) is 28.9 Å². The van der Waals surface area contributed by atoms with Gasteiger partial charge in [-0.3, -0.25) is 9.59 Å². The number of sulfonamides is 1. The summed E-state index contributed by atoms with van der Waals surface area (Å²) in [6, 6.07) is 4.30. The van der Waals surface area contributed by atoms with Gasteiger partial charge in [0, 0.05) is 5.54 Å². The van der Waals surface area contributed by atoms with Crippen molar-refractivity contribution in [3.8, 4) is 0 Å². The van der Waals surface area contributed by atoms with E-state index >= 15 is 0 Å². The molecule has 0 aromatic heterocycles. The van der Waals surface area contributed by atoms with E-state index in [0.717, 1.165) is 32.1 Å². The number of carbonyl (C=O) groups is 2. The molecule has 1 aromatic rings. The zero-order valence-electron chi connectivity index (χ0n) is 17.5. The van der Waals surface area contributed by atoms with Crippen LogP contribution in [0.4, 0.5) is 0 Å². The van der Waals surface area contributed by atoms with Crippen LogP contribution in [0.3, 0.4) is 0 Å². The van der Waals surface area contributed by atoms with Gasteiger partial charge >= 0.3 is 0 Å². The van der Waals surface area contributed by atoms with Gasteiger partial charge in [0.1, 0.15) is 10.4 Å². The van der Waals surface area contributed by atoms with Crippen molar-refractivity contribution in [2.45, 2.75) is 68.3 Å². The lowest BCUT2D eigenvalue weighted by Gasteiger charge is -2.61. The first-order valence-corrected chi connectivity index (χ1v) is 12.6. The van der Waals surface area contributed by atoms with E-state index in [0.29, 0.717) is 18.3 Å². The SMILES string of the molecule is CC(C)(NS(=O)(=O)c1cccc(Cl)c1Cl)C(=O)NC12CC3CC(C1)CC(C(N)=O)(C3)C2. The van der Waals surface area contributed by atoms with E-state index in [1.165, 1.54) is 32.0 Å². The highest BCUT2D eigenvalue weighted by Gasteiger charge is 2.61. The normalized spacial score (nSPS) is 32.1. The van der Waals surface area contributed by atoms with Crippen LogP contribution in [0.15, 0.2) is 23.1 Å². The number of hydrogen-bond donors (Lipinski definition) is 3. The van der Waals surface area contributed by atoms with Crippen molar-refractivity contribution < 1.29 is 18.0 Å². The minimum absolute atomic E-state index is 0.0997. The molecule has 31 heavy (non-hydrogen) atoms. The molecule has 10 heteroatoms. The second-order valence-corrected chi connectivity index (χ2v) is 12.6. The molecule has 4 saturated carbocycles. The monoisotopic (exact) mass is 487 g/mol. The van der Waals surface area contributed by atoms with Gasteiger partial charge in [0.05, 0.1) is 15.5 Å². The Labute approximate surface area is 192 Å². The van der Waals surface area contributed by atoms with Crippen molar-refractivity contribution in [2.24, 2.45) is 23.0 Å². The van der Waals surface area contributed by atoms with Gasteiger partial charge in [0.2, 0.25) is 21.8 Å². The lowest BCUT2D eigenvalue weighted by molar-refractivity contribution is -0.151. The molecule has 170 valence electrons. The van der Waals surface area contributed by atoms with E-state index in [-0.39, 0.29) is 20.8 Å². The molecule has 2 unspecified atom stereocenters. The molecule has 1 aromatic carbocycles. The van der Waals surface area contributed by atoms with E-state index in [2.05, 4.69) is 10.0 Å². The van der Waals surface area contributed by atoms with E-state index < -0.39 is 32.4 Å². The predicted octanol–water partition coefficient (Wildman–Crippen LogP) is 2.99. The van der Waals surface area contributed by atoms with E-state index in [9.17, 15) is 18.0 Å². The second kappa shape index (κ2) is 7.33. The van der Waals surface area contributed by atoms with Crippen molar-refractivity contribution in [2.75, 3.05) is 0 Å². The molecule has 2 amide bonds. The summed E-state index contributed by atoms with van der Waals surface area (Å²) in [5.41, 5.74) is 3.21. The van der Waals surface area contributed by atoms with E-state index in [1.807, 2.05) is 0 Å². The molecule has 0 spiro atoms. The zero-order chi connectivity index (χ0) is 22.8. The molecule has 5 rings (SSSR count). The Hall–Kier alpha value is -1.35. The number of halogens is 2. The number of primary amides is 1. The van der Waals surface area contributed by atoms with Gasteiger partial charge in [-0.15, -0.1) is 0 Å². The maximum Gasteiger partial charge on any atom is 0.243 e. The molecule has 0 saturated heterocycles. The van der Waals surface area contributed by atoms with Crippen LogP contribution in [0.25, 0.3) is 0 Å². The first-order valence-electron chi connectivity index (χ1n) is 10.4. The largest absolute Gasteiger partial charge is 0.369 e. The van der Waals surface area contributed by atoms with Crippen LogP contribution in [0.1, 0.15) is 52.4 Å². The predicted molar refractivity (Wildman–Crippen MR) is 118 cm³/mol. The molecule has 0 radical (unpaired) electrons. The lowest BCUT2D eigenvalue weighted by Crippen LogP contribution is -2.68. The maximum absolute atomic E-state index is 13.3. The van der Waals surface area contributed by atoms with Crippen LogP contribution in [0.5, 0.6) is 0 Å². The van der Waals surface area contributed by atoms with Gasteiger partial charge in [-0.2, -0.15) is 4.72 Å². The quantitative estimate of drug-likeness (QED) is 0.571. The second-order valence-electron chi connectivity index (χ2n) is 10.1. The lowest BCUT2D eigenvalue weighted by atomic mass is 9.46. The molecular formula is C21H27Cl2N3O4S. The Kier molecular flexibility index (Phi) is 5.40. The van der Waals surface area contributed by atoms with Gasteiger partial charge in [-0.05, 0) is 76.3 Å². The third kappa shape index (κ3) is 3.96. The number of rotatable bonds is 6. The standard InChI is InChI=1S/C21H27Cl2N3O4S/c1-19(2,26-31(29,30)15-5-3-4-14(22)16(15)23)18(28)25-21-9-12-6-13(10-21)8-20(7-12,11-21)17(24)27/h3-5,12-13,26H,6-11H2,1-2H3,(H2,24,27)(H,25,28). The van der Waals surface area contributed by atoms with Gasteiger partial charge in [-0.1, -0.05) is 29.3 Å². The number of nitrogens with one attached hydrogen (secondary N) is 2. The summed E-state index contributed by atoms with van der Waals surface area (Å²) in [5.74, 6) is -0.0511. The fourth-order valence-electron chi connectivity index (χ4n) is 6.22. The summed E-state index contributed by atoms with van der Waals surface area (Å²) < 4.78 is 28.3. The molecular weight excluding hydrogens is 461 g/mol. The third-order valence-electron chi connectivity index (χ3n) is 7.13. The summed E-state index contributed by atoms with van der Waals surface area (Å²) in [7, 11) is -4.11. The van der Waals surface area contributed by atoms with Crippen LogP contribution in [-0.2, 0) is 19.6 Å². The fraction of sp³-hybridized carbons (Fsp3) is 0.619. The molecule has 4 bridgehead atoms. The number of benzene rings is 1. The van der Waals surface area contributed by atoms with Gasteiger partial charge in [0.15, 0.2) is 0 Å². The Balaban J connectivity index is 1.55. The number of carbonyl (C=O) groups excluding carboxylic acids is 2. The highest BCUT2D eigenvalue weighted by Crippen LogP contribution is 2.61. The van der Waals surface area contributed by atoms with Crippen molar-refractivity contribution in [3.05, 3.63) is 28.2 Å². The number of nitrogens with two attached hydrogens (primary N) is 1. The van der Waals surface area contributed by atoms with Crippen LogP contribution in [0.2, 0.25) is 10.0 Å². The molecule has 4 N–H and O–H groups in total. The molecule has 0 heterocycles.